The first kappa shape index (κ1) is 28.2. The normalized spacial score (nSPS) is 11.4. The fourth-order valence-corrected chi connectivity index (χ4v) is 4.64. The molecule has 4 aromatic rings. The Labute approximate surface area is 234 Å². The summed E-state index contributed by atoms with van der Waals surface area (Å²) in [7, 11) is -1.28. The maximum Gasteiger partial charge on any atom is 0.254 e. The van der Waals surface area contributed by atoms with Crippen molar-refractivity contribution in [3.05, 3.63) is 83.0 Å². The van der Waals surface area contributed by atoms with Crippen LogP contribution in [0.4, 0.5) is 17.3 Å². The van der Waals surface area contributed by atoms with E-state index in [4.69, 9.17) is 37.6 Å². The number of aromatic nitrogens is 3. The molecule has 0 atom stereocenters. The topological polar surface area (TPSA) is 130 Å². The van der Waals surface area contributed by atoms with E-state index in [1.165, 1.54) is 0 Å². The van der Waals surface area contributed by atoms with Crippen molar-refractivity contribution in [1.29, 1.82) is 0 Å². The van der Waals surface area contributed by atoms with E-state index >= 15 is 0 Å². The largest absolute Gasteiger partial charge is 0.487 e. The molecule has 2 aromatic heterocycles. The second-order valence-electron chi connectivity index (χ2n) is 10.3. The minimum absolute atomic E-state index is 0.134. The lowest BCUT2D eigenvalue weighted by molar-refractivity contribution is 0.0802. The highest BCUT2D eigenvalue weighted by Gasteiger charge is 2.25. The van der Waals surface area contributed by atoms with Crippen LogP contribution in [0, 0.1) is 0 Å². The minimum Gasteiger partial charge on any atom is -0.487 e. The van der Waals surface area contributed by atoms with E-state index in [1.807, 2.05) is 24.3 Å². The van der Waals surface area contributed by atoms with Gasteiger partial charge >= 0.3 is 0 Å². The first-order valence-electron chi connectivity index (χ1n) is 12.5. The highest BCUT2D eigenvalue weighted by atomic mass is 35.5. The van der Waals surface area contributed by atoms with Gasteiger partial charge in [0.1, 0.15) is 42.0 Å². The van der Waals surface area contributed by atoms with E-state index < -0.39 is 14.0 Å². The third-order valence-corrected chi connectivity index (χ3v) is 7.87. The number of hydrogen-bond donors (Lipinski definition) is 3. The van der Waals surface area contributed by atoms with Crippen molar-refractivity contribution in [2.45, 2.75) is 39.0 Å². The molecule has 0 saturated heterocycles. The van der Waals surface area contributed by atoms with E-state index in [0.717, 1.165) is 11.6 Å². The molecule has 2 aromatic carbocycles. The highest BCUT2D eigenvalue weighted by Crippen LogP contribution is 2.34. The van der Waals surface area contributed by atoms with Gasteiger partial charge in [-0.3, -0.25) is 4.79 Å². The van der Waals surface area contributed by atoms with Crippen LogP contribution in [0.25, 0.3) is 11.3 Å². The summed E-state index contributed by atoms with van der Waals surface area (Å²) in [5.41, 5.74) is 14.7. The number of carbonyl (C=O) groups excluding carboxylic acids is 1. The summed E-state index contributed by atoms with van der Waals surface area (Å²) in [5.74, 6) is 0.749. The predicted molar refractivity (Wildman–Crippen MR) is 158 cm³/mol. The summed E-state index contributed by atoms with van der Waals surface area (Å²) in [5, 5.41) is 8.58. The van der Waals surface area contributed by atoms with E-state index in [2.05, 4.69) is 29.9 Å². The molecule has 11 heteroatoms. The summed E-state index contributed by atoms with van der Waals surface area (Å²) in [4.78, 5) is 17.1. The zero-order valence-electron chi connectivity index (χ0n) is 22.3. The van der Waals surface area contributed by atoms with Crippen molar-refractivity contribution < 1.29 is 14.3 Å². The Balaban J connectivity index is 1.68. The number of carbonyl (C=O) groups is 1. The van der Waals surface area contributed by atoms with Gasteiger partial charge in [0.15, 0.2) is 0 Å². The van der Waals surface area contributed by atoms with Crippen molar-refractivity contribution in [2.75, 3.05) is 17.7 Å². The predicted octanol–water partition coefficient (Wildman–Crippen LogP) is 5.91. The summed E-state index contributed by atoms with van der Waals surface area (Å²) >= 11 is 5.98. The number of anilines is 3. The fourth-order valence-electron chi connectivity index (χ4n) is 3.75. The number of nitrogen functional groups attached to an aromatic ring is 1. The van der Waals surface area contributed by atoms with Gasteiger partial charge in [-0.1, -0.05) is 55.5 Å². The average Bonchev–Trinajstić information content (AvgIpc) is 3.25. The SMILES string of the molecule is C[Si](C)(C)CCOCn1nc(-c2ccc(N)c(OCc3ccc(Cl)cc3)c2)c(C(N)=O)c1Nc1ccccn1. The Kier molecular flexibility index (Phi) is 8.90. The van der Waals surface area contributed by atoms with Gasteiger partial charge in [-0.2, -0.15) is 5.10 Å². The molecule has 0 spiro atoms. The Morgan fingerprint density at radius 2 is 1.87 bits per heavy atom. The molecule has 0 fully saturated rings. The summed E-state index contributed by atoms with van der Waals surface area (Å²) in [6.07, 6.45) is 1.66. The average molecular weight is 565 g/mol. The molecule has 4 rings (SSSR count). The molecule has 39 heavy (non-hydrogen) atoms. The van der Waals surface area contributed by atoms with Gasteiger partial charge in [-0.05, 0) is 48.0 Å². The maximum atomic E-state index is 12.8. The monoisotopic (exact) mass is 564 g/mol. The molecule has 0 aliphatic carbocycles. The number of nitrogens with one attached hydrogen (secondary N) is 1. The number of ether oxygens (including phenoxy) is 2. The van der Waals surface area contributed by atoms with Gasteiger partial charge in [-0.15, -0.1) is 0 Å². The Bertz CT molecular complexity index is 1420. The second kappa shape index (κ2) is 12.3. The maximum absolute atomic E-state index is 12.8. The van der Waals surface area contributed by atoms with Crippen LogP contribution in [-0.4, -0.2) is 35.4 Å². The first-order chi connectivity index (χ1) is 18.6. The smallest absolute Gasteiger partial charge is 0.254 e. The molecular weight excluding hydrogens is 532 g/mol. The fraction of sp³-hybridized carbons (Fsp3) is 0.250. The standard InChI is InChI=1S/C28H33ClN6O3Si/c1-39(2,3)15-14-37-18-35-28(33-24-6-4-5-13-32-24)25(27(31)36)26(34-35)20-9-12-22(30)23(16-20)38-17-19-7-10-21(29)11-8-19/h4-13,16H,14-15,17-18,30H2,1-3H3,(H2,31,36)(H,32,33). The van der Waals surface area contributed by atoms with Crippen molar-refractivity contribution >= 4 is 42.9 Å². The number of hydrogen-bond acceptors (Lipinski definition) is 7. The number of nitrogens with two attached hydrogens (primary N) is 2. The lowest BCUT2D eigenvalue weighted by Crippen LogP contribution is -2.22. The number of halogens is 1. The summed E-state index contributed by atoms with van der Waals surface area (Å²) in [6, 6.07) is 19.0. The van der Waals surface area contributed by atoms with E-state index in [0.29, 0.717) is 52.6 Å². The first-order valence-corrected chi connectivity index (χ1v) is 16.6. The lowest BCUT2D eigenvalue weighted by Gasteiger charge is -2.16. The van der Waals surface area contributed by atoms with Gasteiger partial charge in [0.2, 0.25) is 0 Å². The Hall–Kier alpha value is -3.86. The van der Waals surface area contributed by atoms with Gasteiger partial charge in [0.05, 0.1) is 5.69 Å². The Morgan fingerprint density at radius 1 is 1.10 bits per heavy atom. The van der Waals surface area contributed by atoms with Crippen molar-refractivity contribution in [1.82, 2.24) is 14.8 Å². The molecule has 2 heterocycles. The van der Waals surface area contributed by atoms with Crippen LogP contribution >= 0.6 is 11.6 Å². The molecule has 0 aliphatic rings. The summed E-state index contributed by atoms with van der Waals surface area (Å²) in [6.45, 7) is 7.87. The van der Waals surface area contributed by atoms with Crippen LogP contribution in [0.3, 0.4) is 0 Å². The molecule has 0 bridgehead atoms. The van der Waals surface area contributed by atoms with Crippen LogP contribution < -0.4 is 21.5 Å². The van der Waals surface area contributed by atoms with Gasteiger partial charge in [0.25, 0.3) is 5.91 Å². The number of primary amides is 1. The molecule has 5 N–H and O–H groups in total. The van der Waals surface area contributed by atoms with Gasteiger partial charge < -0.3 is 26.3 Å². The van der Waals surface area contributed by atoms with E-state index in [1.54, 1.807) is 47.3 Å². The Morgan fingerprint density at radius 3 is 2.54 bits per heavy atom. The van der Waals surface area contributed by atoms with Crippen molar-refractivity contribution in [3.63, 3.8) is 0 Å². The van der Waals surface area contributed by atoms with Crippen LogP contribution in [-0.2, 0) is 18.1 Å². The van der Waals surface area contributed by atoms with Crippen LogP contribution in [0.1, 0.15) is 15.9 Å². The number of benzene rings is 2. The molecule has 204 valence electrons. The van der Waals surface area contributed by atoms with Crippen LogP contribution in [0.15, 0.2) is 66.9 Å². The van der Waals surface area contributed by atoms with E-state index in [-0.39, 0.29) is 12.3 Å². The van der Waals surface area contributed by atoms with Crippen molar-refractivity contribution in [3.8, 4) is 17.0 Å². The molecule has 1 amide bonds. The number of pyridine rings is 1. The van der Waals surface area contributed by atoms with Crippen LogP contribution in [0.2, 0.25) is 30.7 Å². The quantitative estimate of drug-likeness (QED) is 0.111. The molecular formula is C28H33ClN6O3Si. The molecule has 0 unspecified atom stereocenters. The third-order valence-electron chi connectivity index (χ3n) is 5.91. The summed E-state index contributed by atoms with van der Waals surface area (Å²) < 4.78 is 13.6. The van der Waals surface area contributed by atoms with Crippen molar-refractivity contribution in [2.24, 2.45) is 5.73 Å². The highest BCUT2D eigenvalue weighted by molar-refractivity contribution is 6.76. The molecule has 0 aliphatic heterocycles. The zero-order valence-corrected chi connectivity index (χ0v) is 24.0. The van der Waals surface area contributed by atoms with Crippen LogP contribution in [0.5, 0.6) is 5.75 Å². The molecule has 9 nitrogen and oxygen atoms in total. The molecule has 0 saturated carbocycles. The number of rotatable bonds is 12. The van der Waals surface area contributed by atoms with Gasteiger partial charge in [0, 0.05) is 31.5 Å². The number of nitrogens with zero attached hydrogens (tertiary/aromatic N) is 3. The lowest BCUT2D eigenvalue weighted by atomic mass is 10.1. The number of amides is 1. The van der Waals surface area contributed by atoms with E-state index in [9.17, 15) is 4.79 Å². The minimum atomic E-state index is -1.28. The molecule has 0 radical (unpaired) electrons. The zero-order chi connectivity index (χ0) is 28.0. The second-order valence-corrected chi connectivity index (χ2v) is 16.3. The van der Waals surface area contributed by atoms with Gasteiger partial charge in [-0.25, -0.2) is 9.67 Å². The third kappa shape index (κ3) is 7.59.